The van der Waals surface area contributed by atoms with E-state index in [2.05, 4.69) is 43.8 Å². The van der Waals surface area contributed by atoms with Gasteiger partial charge in [-0.2, -0.15) is 12.6 Å². The highest BCUT2D eigenvalue weighted by atomic mass is 32.1. The van der Waals surface area contributed by atoms with Crippen LogP contribution in [0.1, 0.15) is 31.5 Å². The minimum Gasteiger partial charge on any atom is -0.246 e. The molecule has 1 rings (SSSR count). The van der Waals surface area contributed by atoms with Crippen molar-refractivity contribution in [2.75, 3.05) is 5.75 Å². The summed E-state index contributed by atoms with van der Waals surface area (Å²) in [4.78, 5) is 4.54. The van der Waals surface area contributed by atoms with Crippen LogP contribution in [-0.2, 0) is 11.8 Å². The van der Waals surface area contributed by atoms with Crippen LogP contribution >= 0.6 is 24.0 Å². The van der Waals surface area contributed by atoms with Gasteiger partial charge in [-0.3, -0.25) is 0 Å². The molecule has 12 heavy (non-hydrogen) atoms. The molecule has 1 aromatic rings. The smallest absolute Gasteiger partial charge is 0.0936 e. The first-order valence-electron chi connectivity index (χ1n) is 4.10. The summed E-state index contributed by atoms with van der Waals surface area (Å²) in [5, 5.41) is 3.36. The molecule has 0 bridgehead atoms. The zero-order chi connectivity index (χ0) is 9.19. The molecule has 0 aromatic carbocycles. The Labute approximate surface area is 83.6 Å². The number of thiol groups is 1. The van der Waals surface area contributed by atoms with Crippen LogP contribution in [0.2, 0.25) is 0 Å². The van der Waals surface area contributed by atoms with Crippen LogP contribution in [0.5, 0.6) is 0 Å². The molecular weight excluding hydrogens is 186 g/mol. The summed E-state index contributed by atoms with van der Waals surface area (Å²) in [5.74, 6) is 0.886. The summed E-state index contributed by atoms with van der Waals surface area (Å²) in [6, 6.07) is 0. The van der Waals surface area contributed by atoms with Crippen LogP contribution in [0.4, 0.5) is 0 Å². The van der Waals surface area contributed by atoms with Gasteiger partial charge < -0.3 is 0 Å². The minimum absolute atomic E-state index is 0.186. The highest BCUT2D eigenvalue weighted by molar-refractivity contribution is 7.80. The molecule has 0 saturated carbocycles. The van der Waals surface area contributed by atoms with E-state index in [0.29, 0.717) is 0 Å². The maximum Gasteiger partial charge on any atom is 0.0936 e. The minimum atomic E-state index is 0.186. The molecule has 0 fully saturated rings. The number of hydrogen-bond acceptors (Lipinski definition) is 3. The van der Waals surface area contributed by atoms with Gasteiger partial charge in [-0.25, -0.2) is 4.98 Å². The van der Waals surface area contributed by atoms with Crippen molar-refractivity contribution in [3.63, 3.8) is 0 Å². The zero-order valence-corrected chi connectivity index (χ0v) is 9.51. The predicted octanol–water partition coefficient (Wildman–Crippen LogP) is 2.91. The molecule has 1 nitrogen and oxygen atoms in total. The average molecular weight is 201 g/mol. The fourth-order valence-corrected chi connectivity index (χ4v) is 2.25. The van der Waals surface area contributed by atoms with Crippen molar-refractivity contribution in [2.45, 2.75) is 32.6 Å². The monoisotopic (exact) mass is 201 g/mol. The molecule has 0 atom stereocenters. The van der Waals surface area contributed by atoms with Gasteiger partial charge in [0.2, 0.25) is 0 Å². The van der Waals surface area contributed by atoms with Crippen molar-refractivity contribution in [1.82, 2.24) is 4.98 Å². The lowest BCUT2D eigenvalue weighted by molar-refractivity contribution is 0.571. The second-order valence-electron chi connectivity index (χ2n) is 3.85. The summed E-state index contributed by atoms with van der Waals surface area (Å²) in [6.45, 7) is 6.56. The van der Waals surface area contributed by atoms with E-state index in [1.165, 1.54) is 10.7 Å². The van der Waals surface area contributed by atoms with Gasteiger partial charge in [-0.15, -0.1) is 11.3 Å². The number of nitrogens with zero attached hydrogens (tertiary/aromatic N) is 1. The maximum atomic E-state index is 4.54. The topological polar surface area (TPSA) is 12.9 Å². The fraction of sp³-hybridized carbons (Fsp3) is 0.667. The van der Waals surface area contributed by atoms with E-state index in [1.807, 2.05) is 0 Å². The first kappa shape index (κ1) is 10.1. The van der Waals surface area contributed by atoms with Crippen LogP contribution in [0.25, 0.3) is 0 Å². The lowest BCUT2D eigenvalue weighted by Crippen LogP contribution is -2.11. The van der Waals surface area contributed by atoms with Gasteiger partial charge in [0.1, 0.15) is 0 Å². The Morgan fingerprint density at radius 3 is 2.58 bits per heavy atom. The quantitative estimate of drug-likeness (QED) is 0.726. The lowest BCUT2D eigenvalue weighted by Gasteiger charge is -2.14. The van der Waals surface area contributed by atoms with Crippen molar-refractivity contribution in [1.29, 1.82) is 0 Å². The molecule has 0 amide bonds. The number of rotatable bonds is 2. The fourth-order valence-electron chi connectivity index (χ4n) is 0.866. The zero-order valence-electron chi connectivity index (χ0n) is 7.79. The molecule has 3 heteroatoms. The second kappa shape index (κ2) is 3.79. The molecular formula is C9H15NS2. The van der Waals surface area contributed by atoms with Crippen LogP contribution < -0.4 is 0 Å². The molecule has 0 radical (unpaired) electrons. The van der Waals surface area contributed by atoms with E-state index in [-0.39, 0.29) is 5.41 Å². The normalized spacial score (nSPS) is 12.0. The van der Waals surface area contributed by atoms with Gasteiger partial charge >= 0.3 is 0 Å². The van der Waals surface area contributed by atoms with Crippen LogP contribution in [0, 0.1) is 0 Å². The van der Waals surface area contributed by atoms with Crippen molar-refractivity contribution in [2.24, 2.45) is 0 Å². The van der Waals surface area contributed by atoms with Crippen molar-refractivity contribution in [3.05, 3.63) is 16.1 Å². The standard InChI is InChI=1S/C9H15NS2/c1-9(2,3)7-6-12-8(10-7)4-5-11/h6,11H,4-5H2,1-3H3. The first-order valence-corrected chi connectivity index (χ1v) is 5.61. The number of hydrogen-bond donors (Lipinski definition) is 1. The Hall–Kier alpha value is -0.0200. The third-order valence-corrected chi connectivity index (χ3v) is 2.78. The average Bonchev–Trinajstić information content (AvgIpc) is 2.35. The Kier molecular flexibility index (Phi) is 3.18. The van der Waals surface area contributed by atoms with Gasteiger partial charge in [0.15, 0.2) is 0 Å². The highest BCUT2D eigenvalue weighted by Gasteiger charge is 2.16. The molecule has 0 saturated heterocycles. The van der Waals surface area contributed by atoms with Crippen LogP contribution in [-0.4, -0.2) is 10.7 Å². The van der Waals surface area contributed by atoms with Crippen molar-refractivity contribution in [3.8, 4) is 0 Å². The number of aryl methyl sites for hydroxylation is 1. The third-order valence-electron chi connectivity index (χ3n) is 1.65. The van der Waals surface area contributed by atoms with Crippen LogP contribution in [0.15, 0.2) is 5.38 Å². The van der Waals surface area contributed by atoms with Gasteiger partial charge in [-0.1, -0.05) is 20.8 Å². The molecule has 1 aromatic heterocycles. The van der Waals surface area contributed by atoms with E-state index < -0.39 is 0 Å². The third kappa shape index (κ3) is 2.49. The van der Waals surface area contributed by atoms with Crippen LogP contribution in [0.3, 0.4) is 0 Å². The van der Waals surface area contributed by atoms with E-state index in [1.54, 1.807) is 11.3 Å². The van der Waals surface area contributed by atoms with E-state index in [9.17, 15) is 0 Å². The van der Waals surface area contributed by atoms with Gasteiger partial charge in [0.25, 0.3) is 0 Å². The second-order valence-corrected chi connectivity index (χ2v) is 5.24. The van der Waals surface area contributed by atoms with Gasteiger partial charge in [0.05, 0.1) is 10.7 Å². The molecule has 0 aliphatic carbocycles. The van der Waals surface area contributed by atoms with E-state index in [4.69, 9.17) is 0 Å². The Balaban J connectivity index is 2.77. The van der Waals surface area contributed by atoms with Crippen molar-refractivity contribution >= 4 is 24.0 Å². The van der Waals surface area contributed by atoms with Gasteiger partial charge in [0, 0.05) is 17.2 Å². The Bertz CT molecular complexity index is 247. The number of thiazole rings is 1. The predicted molar refractivity (Wildman–Crippen MR) is 58.4 cm³/mol. The summed E-state index contributed by atoms with van der Waals surface area (Å²) in [6.07, 6.45) is 0.990. The van der Waals surface area contributed by atoms with E-state index in [0.717, 1.165) is 12.2 Å². The Morgan fingerprint density at radius 1 is 1.50 bits per heavy atom. The highest BCUT2D eigenvalue weighted by Crippen LogP contribution is 2.23. The molecule has 0 N–H and O–H groups in total. The lowest BCUT2D eigenvalue weighted by atomic mass is 9.93. The SMILES string of the molecule is CC(C)(C)c1csc(CCS)n1. The summed E-state index contributed by atoms with van der Waals surface area (Å²) >= 11 is 5.92. The summed E-state index contributed by atoms with van der Waals surface area (Å²) < 4.78 is 0. The maximum absolute atomic E-state index is 4.54. The molecule has 0 aliphatic rings. The summed E-state index contributed by atoms with van der Waals surface area (Å²) in [5.41, 5.74) is 1.38. The molecule has 1 heterocycles. The Morgan fingerprint density at radius 2 is 2.17 bits per heavy atom. The molecule has 0 spiro atoms. The first-order chi connectivity index (χ1) is 5.54. The summed E-state index contributed by atoms with van der Waals surface area (Å²) in [7, 11) is 0. The molecule has 0 aliphatic heterocycles. The van der Waals surface area contributed by atoms with Gasteiger partial charge in [-0.05, 0) is 5.75 Å². The molecule has 0 unspecified atom stereocenters. The largest absolute Gasteiger partial charge is 0.246 e. The molecule has 68 valence electrons. The number of aromatic nitrogens is 1. The van der Waals surface area contributed by atoms with Crippen molar-refractivity contribution < 1.29 is 0 Å². The van der Waals surface area contributed by atoms with E-state index >= 15 is 0 Å².